The molecule has 0 bridgehead atoms. The summed E-state index contributed by atoms with van der Waals surface area (Å²) in [6.07, 6.45) is 1.02. The summed E-state index contributed by atoms with van der Waals surface area (Å²) in [6, 6.07) is 10.3. The van der Waals surface area contributed by atoms with Crippen LogP contribution in [0.1, 0.15) is 28.8 Å². The van der Waals surface area contributed by atoms with Gasteiger partial charge >= 0.3 is 0 Å². The van der Waals surface area contributed by atoms with Gasteiger partial charge in [0.15, 0.2) is 0 Å². The standard InChI is InChI=1S/C21H21ClF2N2O2/c1-25(13-14-2-4-16(22)5-3-14)20(27)15-8-10-26(11-9-15)21(28)18-7-6-17(23)12-19(18)24/h2-7,12,15H,8-11,13H2,1H3. The number of hydrogen-bond acceptors (Lipinski definition) is 2. The lowest BCUT2D eigenvalue weighted by molar-refractivity contribution is -0.136. The Bertz CT molecular complexity index is 865. The van der Waals surface area contributed by atoms with Crippen molar-refractivity contribution >= 4 is 23.4 Å². The molecular formula is C21H21ClF2N2O2. The van der Waals surface area contributed by atoms with Gasteiger partial charge in [0, 0.05) is 43.7 Å². The van der Waals surface area contributed by atoms with Crippen LogP contribution in [-0.2, 0) is 11.3 Å². The molecule has 28 heavy (non-hydrogen) atoms. The van der Waals surface area contributed by atoms with Crippen LogP contribution in [0.4, 0.5) is 8.78 Å². The lowest BCUT2D eigenvalue weighted by Crippen LogP contribution is -2.43. The van der Waals surface area contributed by atoms with E-state index in [1.807, 2.05) is 12.1 Å². The molecule has 1 aliphatic rings. The Morgan fingerprint density at radius 3 is 2.36 bits per heavy atom. The van der Waals surface area contributed by atoms with Gasteiger partial charge in [0.1, 0.15) is 11.6 Å². The smallest absolute Gasteiger partial charge is 0.256 e. The average molecular weight is 407 g/mol. The number of halogens is 3. The normalized spacial score (nSPS) is 14.8. The third kappa shape index (κ3) is 4.68. The zero-order chi connectivity index (χ0) is 20.3. The number of piperidine rings is 1. The van der Waals surface area contributed by atoms with Crippen LogP contribution in [-0.4, -0.2) is 41.8 Å². The lowest BCUT2D eigenvalue weighted by atomic mass is 9.94. The van der Waals surface area contributed by atoms with Crippen LogP contribution in [0.25, 0.3) is 0 Å². The highest BCUT2D eigenvalue weighted by Crippen LogP contribution is 2.23. The highest BCUT2D eigenvalue weighted by molar-refractivity contribution is 6.30. The van der Waals surface area contributed by atoms with E-state index < -0.39 is 17.5 Å². The van der Waals surface area contributed by atoms with Gasteiger partial charge in [-0.25, -0.2) is 8.78 Å². The summed E-state index contributed by atoms with van der Waals surface area (Å²) in [6.45, 7) is 1.21. The second-order valence-electron chi connectivity index (χ2n) is 7.01. The summed E-state index contributed by atoms with van der Waals surface area (Å²) in [7, 11) is 1.75. The molecule has 4 nitrogen and oxygen atoms in total. The second-order valence-corrected chi connectivity index (χ2v) is 7.45. The van der Waals surface area contributed by atoms with E-state index in [4.69, 9.17) is 11.6 Å². The molecule has 7 heteroatoms. The van der Waals surface area contributed by atoms with Crippen molar-refractivity contribution in [3.8, 4) is 0 Å². The van der Waals surface area contributed by atoms with Gasteiger partial charge < -0.3 is 9.80 Å². The van der Waals surface area contributed by atoms with Crippen molar-refractivity contribution < 1.29 is 18.4 Å². The van der Waals surface area contributed by atoms with Gasteiger partial charge in [-0.05, 0) is 42.7 Å². The summed E-state index contributed by atoms with van der Waals surface area (Å²) in [4.78, 5) is 28.4. The molecule has 0 atom stereocenters. The van der Waals surface area contributed by atoms with Crippen LogP contribution in [0.5, 0.6) is 0 Å². The van der Waals surface area contributed by atoms with Gasteiger partial charge in [-0.2, -0.15) is 0 Å². The van der Waals surface area contributed by atoms with Crippen LogP contribution >= 0.6 is 11.6 Å². The first-order valence-electron chi connectivity index (χ1n) is 9.09. The third-order valence-electron chi connectivity index (χ3n) is 5.00. The van der Waals surface area contributed by atoms with Crippen LogP contribution in [0.2, 0.25) is 5.02 Å². The number of benzene rings is 2. The molecule has 2 aromatic carbocycles. The highest BCUT2D eigenvalue weighted by atomic mass is 35.5. The number of carbonyl (C=O) groups is 2. The zero-order valence-corrected chi connectivity index (χ0v) is 16.3. The van der Waals surface area contributed by atoms with E-state index in [9.17, 15) is 18.4 Å². The molecule has 0 unspecified atom stereocenters. The van der Waals surface area contributed by atoms with E-state index in [2.05, 4.69) is 0 Å². The number of likely N-dealkylation sites (tertiary alicyclic amines) is 1. The molecule has 0 saturated carbocycles. The van der Waals surface area contributed by atoms with Gasteiger partial charge in [-0.15, -0.1) is 0 Å². The fourth-order valence-corrected chi connectivity index (χ4v) is 3.54. The first-order chi connectivity index (χ1) is 13.3. The zero-order valence-electron chi connectivity index (χ0n) is 15.5. The molecule has 148 valence electrons. The number of nitrogens with zero attached hydrogens (tertiary/aromatic N) is 2. The third-order valence-corrected chi connectivity index (χ3v) is 5.25. The molecule has 1 fully saturated rings. The molecule has 0 radical (unpaired) electrons. The lowest BCUT2D eigenvalue weighted by Gasteiger charge is -2.33. The van der Waals surface area contributed by atoms with Crippen LogP contribution in [0, 0.1) is 17.6 Å². The predicted molar refractivity (Wildman–Crippen MR) is 103 cm³/mol. The minimum absolute atomic E-state index is 0.0232. The molecule has 2 aromatic rings. The molecule has 3 rings (SSSR count). The van der Waals surface area contributed by atoms with Crippen LogP contribution in [0.3, 0.4) is 0 Å². The molecule has 2 amide bonds. The SMILES string of the molecule is CN(Cc1ccc(Cl)cc1)C(=O)C1CCN(C(=O)c2ccc(F)cc2F)CC1. The first kappa shape index (κ1) is 20.3. The van der Waals surface area contributed by atoms with E-state index in [1.165, 1.54) is 4.90 Å². The van der Waals surface area contributed by atoms with Crippen molar-refractivity contribution in [1.29, 1.82) is 0 Å². The van der Waals surface area contributed by atoms with Gasteiger partial charge in [0.05, 0.1) is 5.56 Å². The Balaban J connectivity index is 1.56. The molecule has 1 saturated heterocycles. The second kappa shape index (κ2) is 8.69. The maximum atomic E-state index is 13.8. The highest BCUT2D eigenvalue weighted by Gasteiger charge is 2.30. The fraction of sp³-hybridized carbons (Fsp3) is 0.333. The quantitative estimate of drug-likeness (QED) is 0.766. The van der Waals surface area contributed by atoms with Gasteiger partial charge in [-0.1, -0.05) is 23.7 Å². The largest absolute Gasteiger partial charge is 0.341 e. The summed E-state index contributed by atoms with van der Waals surface area (Å²) in [5.74, 6) is -2.22. The number of rotatable bonds is 4. The monoisotopic (exact) mass is 406 g/mol. The van der Waals surface area contributed by atoms with Gasteiger partial charge in [0.2, 0.25) is 5.91 Å². The van der Waals surface area contributed by atoms with Crippen molar-refractivity contribution in [2.45, 2.75) is 19.4 Å². The van der Waals surface area contributed by atoms with Crippen LogP contribution < -0.4 is 0 Å². The summed E-state index contributed by atoms with van der Waals surface area (Å²) < 4.78 is 26.9. The van der Waals surface area contributed by atoms with E-state index in [0.717, 1.165) is 17.7 Å². The van der Waals surface area contributed by atoms with Crippen molar-refractivity contribution in [2.75, 3.05) is 20.1 Å². The topological polar surface area (TPSA) is 40.6 Å². The molecular weight excluding hydrogens is 386 g/mol. The number of hydrogen-bond donors (Lipinski definition) is 0. The maximum absolute atomic E-state index is 13.8. The van der Waals surface area contributed by atoms with Crippen molar-refractivity contribution in [3.05, 3.63) is 70.2 Å². The maximum Gasteiger partial charge on any atom is 0.256 e. The summed E-state index contributed by atoms with van der Waals surface area (Å²) in [5, 5.41) is 0.646. The minimum atomic E-state index is -0.870. The van der Waals surface area contributed by atoms with Gasteiger partial charge in [-0.3, -0.25) is 9.59 Å². The minimum Gasteiger partial charge on any atom is -0.341 e. The molecule has 0 N–H and O–H groups in total. The number of amides is 2. The summed E-state index contributed by atoms with van der Waals surface area (Å²) in [5.41, 5.74) is 0.839. The van der Waals surface area contributed by atoms with E-state index in [0.29, 0.717) is 43.6 Å². The fourth-order valence-electron chi connectivity index (χ4n) is 3.42. The van der Waals surface area contributed by atoms with Gasteiger partial charge in [0.25, 0.3) is 5.91 Å². The van der Waals surface area contributed by atoms with Crippen molar-refractivity contribution in [1.82, 2.24) is 9.80 Å². The Morgan fingerprint density at radius 2 is 1.75 bits per heavy atom. The molecule has 0 aromatic heterocycles. The van der Waals surface area contributed by atoms with E-state index >= 15 is 0 Å². The molecule has 1 heterocycles. The molecule has 0 aliphatic carbocycles. The molecule has 0 spiro atoms. The predicted octanol–water partition coefficient (Wildman–Crippen LogP) is 4.13. The summed E-state index contributed by atoms with van der Waals surface area (Å²) >= 11 is 5.88. The average Bonchev–Trinajstić information content (AvgIpc) is 2.69. The van der Waals surface area contributed by atoms with E-state index in [-0.39, 0.29) is 17.4 Å². The Hall–Kier alpha value is -2.47. The van der Waals surface area contributed by atoms with Crippen molar-refractivity contribution in [3.63, 3.8) is 0 Å². The Labute approximate surface area is 167 Å². The first-order valence-corrected chi connectivity index (χ1v) is 9.46. The molecule has 1 aliphatic heterocycles. The Morgan fingerprint density at radius 1 is 1.11 bits per heavy atom. The van der Waals surface area contributed by atoms with E-state index in [1.54, 1.807) is 24.1 Å². The van der Waals surface area contributed by atoms with Crippen LogP contribution in [0.15, 0.2) is 42.5 Å². The number of carbonyl (C=O) groups excluding carboxylic acids is 2. The van der Waals surface area contributed by atoms with Crippen molar-refractivity contribution in [2.24, 2.45) is 5.92 Å². The Kier molecular flexibility index (Phi) is 6.29.